The average molecular weight is 333 g/mol. The van der Waals surface area contributed by atoms with Gasteiger partial charge in [-0.2, -0.15) is 0 Å². The Morgan fingerprint density at radius 1 is 1.35 bits per heavy atom. The molecular formula is C17H23N3O2S. The molecule has 0 radical (unpaired) electrons. The molecule has 2 aromatic rings. The van der Waals surface area contributed by atoms with Gasteiger partial charge < -0.3 is 15.3 Å². The predicted octanol–water partition coefficient (Wildman–Crippen LogP) is 2.45. The van der Waals surface area contributed by atoms with Gasteiger partial charge in [0.2, 0.25) is 0 Å². The number of thiazole rings is 1. The van der Waals surface area contributed by atoms with Gasteiger partial charge in [-0.15, -0.1) is 11.3 Å². The summed E-state index contributed by atoms with van der Waals surface area (Å²) in [5.74, 6) is 0. The van der Waals surface area contributed by atoms with Gasteiger partial charge in [-0.25, -0.2) is 9.78 Å². The fraction of sp³-hybridized carbons (Fsp3) is 0.412. The first-order valence-corrected chi connectivity index (χ1v) is 8.57. The highest BCUT2D eigenvalue weighted by Gasteiger charge is 2.11. The Hall–Kier alpha value is -1.92. The van der Waals surface area contributed by atoms with Crippen LogP contribution in [0, 0.1) is 0 Å². The third-order valence-electron chi connectivity index (χ3n) is 3.38. The van der Waals surface area contributed by atoms with E-state index in [0.29, 0.717) is 13.1 Å². The molecule has 5 nitrogen and oxygen atoms in total. The molecule has 2 amide bonds. The molecule has 23 heavy (non-hydrogen) atoms. The highest BCUT2D eigenvalue weighted by Crippen LogP contribution is 2.13. The molecule has 1 heterocycles. The van der Waals surface area contributed by atoms with Crippen LogP contribution in [0.25, 0.3) is 0 Å². The molecule has 1 unspecified atom stereocenters. The van der Waals surface area contributed by atoms with E-state index in [1.165, 1.54) is 10.5 Å². The predicted molar refractivity (Wildman–Crippen MR) is 92.5 cm³/mol. The van der Waals surface area contributed by atoms with Crippen molar-refractivity contribution in [1.29, 1.82) is 0 Å². The van der Waals surface area contributed by atoms with E-state index in [9.17, 15) is 9.90 Å². The maximum absolute atomic E-state index is 11.8. The molecule has 0 aliphatic carbocycles. The number of aryl methyl sites for hydroxylation is 2. The number of carbonyl (C=O) groups excluding carboxylic acids is 1. The Morgan fingerprint density at radius 3 is 2.78 bits per heavy atom. The Labute approximate surface area is 141 Å². The second-order valence-electron chi connectivity index (χ2n) is 5.61. The largest absolute Gasteiger partial charge is 0.392 e. The number of nitrogens with one attached hydrogen (secondary N) is 1. The van der Waals surface area contributed by atoms with E-state index in [2.05, 4.69) is 22.4 Å². The SMILES string of the molecule is CC(O)CN(C)C(=O)NCc1csc(CCc2ccccc2)n1. The van der Waals surface area contributed by atoms with Crippen molar-refractivity contribution in [1.82, 2.24) is 15.2 Å². The zero-order valence-electron chi connectivity index (χ0n) is 13.5. The van der Waals surface area contributed by atoms with Crippen LogP contribution in [0.5, 0.6) is 0 Å². The molecular weight excluding hydrogens is 310 g/mol. The minimum atomic E-state index is -0.533. The van der Waals surface area contributed by atoms with Gasteiger partial charge in [0.15, 0.2) is 0 Å². The summed E-state index contributed by atoms with van der Waals surface area (Å²) in [4.78, 5) is 17.9. The Kier molecular flexibility index (Phi) is 6.55. The summed E-state index contributed by atoms with van der Waals surface area (Å²) < 4.78 is 0. The van der Waals surface area contributed by atoms with Crippen LogP contribution in [0.2, 0.25) is 0 Å². The molecule has 2 rings (SSSR count). The summed E-state index contributed by atoms with van der Waals surface area (Å²) in [6.45, 7) is 2.37. The van der Waals surface area contributed by atoms with E-state index in [0.717, 1.165) is 23.5 Å². The second kappa shape index (κ2) is 8.64. The molecule has 1 aromatic carbocycles. The number of rotatable bonds is 7. The summed E-state index contributed by atoms with van der Waals surface area (Å²) in [6, 6.07) is 10.1. The molecule has 0 spiro atoms. The standard InChI is InChI=1S/C17H23N3O2S/c1-13(21)11-20(2)17(22)18-10-15-12-23-16(19-15)9-8-14-6-4-3-5-7-14/h3-7,12-13,21H,8-11H2,1-2H3,(H,18,22). The van der Waals surface area contributed by atoms with E-state index >= 15 is 0 Å². The van der Waals surface area contributed by atoms with Crippen LogP contribution in [0.1, 0.15) is 23.2 Å². The van der Waals surface area contributed by atoms with Crippen LogP contribution >= 0.6 is 11.3 Å². The lowest BCUT2D eigenvalue weighted by Crippen LogP contribution is -2.40. The number of amides is 2. The number of benzene rings is 1. The third kappa shape index (κ3) is 6.00. The van der Waals surface area contributed by atoms with Crippen LogP contribution in [0.4, 0.5) is 4.79 Å². The van der Waals surface area contributed by atoms with Crippen molar-refractivity contribution in [2.75, 3.05) is 13.6 Å². The molecule has 124 valence electrons. The van der Waals surface area contributed by atoms with E-state index in [-0.39, 0.29) is 6.03 Å². The fourth-order valence-electron chi connectivity index (χ4n) is 2.22. The highest BCUT2D eigenvalue weighted by atomic mass is 32.1. The van der Waals surface area contributed by atoms with Gasteiger partial charge in [0, 0.05) is 25.4 Å². The van der Waals surface area contributed by atoms with Crippen LogP contribution < -0.4 is 5.32 Å². The van der Waals surface area contributed by atoms with Crippen molar-refractivity contribution in [3.8, 4) is 0 Å². The highest BCUT2D eigenvalue weighted by molar-refractivity contribution is 7.09. The van der Waals surface area contributed by atoms with Crippen molar-refractivity contribution in [3.63, 3.8) is 0 Å². The van der Waals surface area contributed by atoms with Gasteiger partial charge >= 0.3 is 6.03 Å². The summed E-state index contributed by atoms with van der Waals surface area (Å²) >= 11 is 1.62. The molecule has 0 saturated carbocycles. The molecule has 0 aliphatic heterocycles. The van der Waals surface area contributed by atoms with Gasteiger partial charge in [-0.3, -0.25) is 0 Å². The lowest BCUT2D eigenvalue weighted by atomic mass is 10.1. The third-order valence-corrected chi connectivity index (χ3v) is 4.33. The van der Waals surface area contributed by atoms with Gasteiger partial charge in [0.05, 0.1) is 23.4 Å². The molecule has 1 aromatic heterocycles. The second-order valence-corrected chi connectivity index (χ2v) is 6.55. The van der Waals surface area contributed by atoms with Gasteiger partial charge in [0.25, 0.3) is 0 Å². The van der Waals surface area contributed by atoms with Crippen molar-refractivity contribution in [2.45, 2.75) is 32.4 Å². The number of carbonyl (C=O) groups is 1. The van der Waals surface area contributed by atoms with Gasteiger partial charge in [-0.1, -0.05) is 30.3 Å². The van der Waals surface area contributed by atoms with Gasteiger partial charge in [0.1, 0.15) is 0 Å². The zero-order valence-corrected chi connectivity index (χ0v) is 14.3. The number of nitrogens with zero attached hydrogens (tertiary/aromatic N) is 2. The number of aromatic nitrogens is 1. The van der Waals surface area contributed by atoms with Crippen LogP contribution in [0.3, 0.4) is 0 Å². The Bertz CT molecular complexity index is 613. The minimum Gasteiger partial charge on any atom is -0.392 e. The Balaban J connectivity index is 1.77. The zero-order chi connectivity index (χ0) is 16.7. The van der Waals surface area contributed by atoms with Crippen molar-refractivity contribution in [2.24, 2.45) is 0 Å². The smallest absolute Gasteiger partial charge is 0.317 e. The summed E-state index contributed by atoms with van der Waals surface area (Å²) in [5, 5.41) is 15.2. The van der Waals surface area contributed by atoms with E-state index in [1.54, 1.807) is 25.3 Å². The topological polar surface area (TPSA) is 65.5 Å². The monoisotopic (exact) mass is 333 g/mol. The summed E-state index contributed by atoms with van der Waals surface area (Å²) in [7, 11) is 1.66. The van der Waals surface area contributed by atoms with E-state index < -0.39 is 6.10 Å². The van der Waals surface area contributed by atoms with E-state index in [1.807, 2.05) is 23.6 Å². The number of likely N-dealkylation sites (N-methyl/N-ethyl adjacent to an activating group) is 1. The Morgan fingerprint density at radius 2 is 2.09 bits per heavy atom. The molecule has 6 heteroatoms. The lowest BCUT2D eigenvalue weighted by molar-refractivity contribution is 0.143. The molecule has 0 saturated heterocycles. The maximum Gasteiger partial charge on any atom is 0.317 e. The first-order valence-electron chi connectivity index (χ1n) is 7.69. The quantitative estimate of drug-likeness (QED) is 0.818. The number of hydrogen-bond donors (Lipinski definition) is 2. The fourth-order valence-corrected chi connectivity index (χ4v) is 3.02. The van der Waals surface area contributed by atoms with E-state index in [4.69, 9.17) is 0 Å². The number of aliphatic hydroxyl groups is 1. The normalized spacial score (nSPS) is 12.0. The summed E-state index contributed by atoms with van der Waals surface area (Å²) in [5.41, 5.74) is 2.18. The number of hydrogen-bond acceptors (Lipinski definition) is 4. The van der Waals surface area contributed by atoms with Gasteiger partial charge in [-0.05, 0) is 18.9 Å². The first kappa shape index (κ1) is 17.4. The molecule has 2 N–H and O–H groups in total. The molecule has 0 bridgehead atoms. The number of urea groups is 1. The lowest BCUT2D eigenvalue weighted by Gasteiger charge is -2.18. The molecule has 1 atom stereocenters. The maximum atomic E-state index is 11.8. The molecule has 0 fully saturated rings. The summed E-state index contributed by atoms with van der Waals surface area (Å²) in [6.07, 6.45) is 1.34. The molecule has 0 aliphatic rings. The number of aliphatic hydroxyl groups excluding tert-OH is 1. The van der Waals surface area contributed by atoms with Crippen molar-refractivity contribution >= 4 is 17.4 Å². The first-order chi connectivity index (χ1) is 11.0. The van der Waals surface area contributed by atoms with Crippen molar-refractivity contribution in [3.05, 3.63) is 52.0 Å². The average Bonchev–Trinajstić information content (AvgIpc) is 2.99. The van der Waals surface area contributed by atoms with Crippen molar-refractivity contribution < 1.29 is 9.90 Å². The van der Waals surface area contributed by atoms with Crippen LogP contribution in [-0.2, 0) is 19.4 Å². The van der Waals surface area contributed by atoms with Crippen LogP contribution in [0.15, 0.2) is 35.7 Å². The van der Waals surface area contributed by atoms with Crippen LogP contribution in [-0.4, -0.2) is 40.7 Å². The minimum absolute atomic E-state index is 0.204.